The molecule has 3 heterocycles. The van der Waals surface area contributed by atoms with Crippen LogP contribution in [0.5, 0.6) is 0 Å². The molecule has 32 heavy (non-hydrogen) atoms. The lowest BCUT2D eigenvalue weighted by molar-refractivity contribution is 0.187. The highest BCUT2D eigenvalue weighted by molar-refractivity contribution is 6.43. The summed E-state index contributed by atoms with van der Waals surface area (Å²) in [6, 6.07) is 16.1. The summed E-state index contributed by atoms with van der Waals surface area (Å²) >= 11 is 12.5. The van der Waals surface area contributed by atoms with Crippen molar-refractivity contribution >= 4 is 40.1 Å². The molecule has 6 rings (SSSR count). The SMILES string of the molecule is N[C@@H]1c2ccccc2CC12CCN(c1cc3nc(-c4cccc(Cl)c4Cl)oc3cn1)CC2. The molecule has 0 amide bonds. The number of anilines is 1. The molecule has 0 saturated carbocycles. The van der Waals surface area contributed by atoms with E-state index in [1.807, 2.05) is 18.2 Å². The second-order valence-electron chi connectivity index (χ2n) is 8.83. The quantitative estimate of drug-likeness (QED) is 0.391. The van der Waals surface area contributed by atoms with Crippen molar-refractivity contribution in [3.8, 4) is 11.5 Å². The van der Waals surface area contributed by atoms with Crippen LogP contribution in [0.4, 0.5) is 5.82 Å². The summed E-state index contributed by atoms with van der Waals surface area (Å²) in [6.45, 7) is 1.84. The highest BCUT2D eigenvalue weighted by Gasteiger charge is 2.45. The molecule has 2 aliphatic rings. The van der Waals surface area contributed by atoms with E-state index in [0.29, 0.717) is 27.1 Å². The Morgan fingerprint density at radius 2 is 1.88 bits per heavy atom. The Morgan fingerprint density at radius 3 is 2.69 bits per heavy atom. The van der Waals surface area contributed by atoms with E-state index in [2.05, 4.69) is 39.1 Å². The first-order chi connectivity index (χ1) is 15.5. The molecule has 1 spiro atoms. The maximum atomic E-state index is 6.72. The van der Waals surface area contributed by atoms with Crippen LogP contribution in [0.15, 0.2) is 59.1 Å². The minimum atomic E-state index is 0.108. The van der Waals surface area contributed by atoms with Gasteiger partial charge in [-0.3, -0.25) is 0 Å². The second kappa shape index (κ2) is 7.48. The van der Waals surface area contributed by atoms with E-state index in [4.69, 9.17) is 33.4 Å². The Morgan fingerprint density at radius 1 is 1.06 bits per heavy atom. The average molecular weight is 465 g/mol. The number of fused-ring (bicyclic) bond motifs is 2. The molecule has 0 unspecified atom stereocenters. The zero-order chi connectivity index (χ0) is 21.9. The van der Waals surface area contributed by atoms with Crippen molar-refractivity contribution in [2.75, 3.05) is 18.0 Å². The van der Waals surface area contributed by atoms with Crippen molar-refractivity contribution in [2.45, 2.75) is 25.3 Å². The number of aromatic nitrogens is 2. The van der Waals surface area contributed by atoms with Gasteiger partial charge in [-0.25, -0.2) is 9.97 Å². The molecule has 1 atom stereocenters. The van der Waals surface area contributed by atoms with Crippen molar-refractivity contribution < 1.29 is 4.42 Å². The summed E-state index contributed by atoms with van der Waals surface area (Å²) in [5.41, 5.74) is 11.6. The second-order valence-corrected chi connectivity index (χ2v) is 9.62. The van der Waals surface area contributed by atoms with Crippen molar-refractivity contribution in [1.82, 2.24) is 9.97 Å². The van der Waals surface area contributed by atoms with Gasteiger partial charge < -0.3 is 15.1 Å². The number of rotatable bonds is 2. The summed E-state index contributed by atoms with van der Waals surface area (Å²) in [4.78, 5) is 11.6. The average Bonchev–Trinajstić information content (AvgIpc) is 3.35. The molecule has 2 aromatic carbocycles. The molecule has 1 aliphatic carbocycles. The predicted molar refractivity (Wildman–Crippen MR) is 128 cm³/mol. The van der Waals surface area contributed by atoms with Crippen LogP contribution in [0.2, 0.25) is 10.0 Å². The van der Waals surface area contributed by atoms with E-state index in [-0.39, 0.29) is 11.5 Å². The first kappa shape index (κ1) is 20.0. The summed E-state index contributed by atoms with van der Waals surface area (Å²) in [5.74, 6) is 1.35. The van der Waals surface area contributed by atoms with Gasteiger partial charge >= 0.3 is 0 Å². The highest BCUT2D eigenvalue weighted by Crippen LogP contribution is 2.51. The number of nitrogens with two attached hydrogens (primary N) is 1. The number of oxazole rings is 1. The van der Waals surface area contributed by atoms with Gasteiger partial charge in [-0.05, 0) is 47.9 Å². The fourth-order valence-electron chi connectivity index (χ4n) is 5.27. The molecule has 4 aromatic rings. The third-order valence-electron chi connectivity index (χ3n) is 7.12. The number of benzene rings is 2. The van der Waals surface area contributed by atoms with Gasteiger partial charge in [-0.15, -0.1) is 0 Å². The molecule has 5 nitrogen and oxygen atoms in total. The van der Waals surface area contributed by atoms with Crippen molar-refractivity contribution in [3.05, 3.63) is 75.9 Å². The van der Waals surface area contributed by atoms with Gasteiger partial charge in [0, 0.05) is 25.2 Å². The molecular formula is C25H22Cl2N4O. The highest BCUT2D eigenvalue weighted by atomic mass is 35.5. The topological polar surface area (TPSA) is 68.2 Å². The lowest BCUT2D eigenvalue weighted by Gasteiger charge is -2.42. The van der Waals surface area contributed by atoms with E-state index in [9.17, 15) is 0 Å². The van der Waals surface area contributed by atoms with Crippen LogP contribution in [0.3, 0.4) is 0 Å². The number of piperidine rings is 1. The van der Waals surface area contributed by atoms with Crippen LogP contribution in [0.1, 0.15) is 30.0 Å². The third kappa shape index (κ3) is 3.11. The molecular weight excluding hydrogens is 443 g/mol. The van der Waals surface area contributed by atoms with Crippen LogP contribution >= 0.6 is 23.2 Å². The van der Waals surface area contributed by atoms with E-state index in [1.54, 1.807) is 12.3 Å². The van der Waals surface area contributed by atoms with E-state index < -0.39 is 0 Å². The van der Waals surface area contributed by atoms with Crippen molar-refractivity contribution in [2.24, 2.45) is 11.1 Å². The maximum absolute atomic E-state index is 6.72. The van der Waals surface area contributed by atoms with Crippen molar-refractivity contribution in [3.63, 3.8) is 0 Å². The van der Waals surface area contributed by atoms with E-state index in [0.717, 1.165) is 43.7 Å². The van der Waals surface area contributed by atoms with Gasteiger partial charge in [0.1, 0.15) is 11.3 Å². The van der Waals surface area contributed by atoms with E-state index in [1.165, 1.54) is 11.1 Å². The predicted octanol–water partition coefficient (Wildman–Crippen LogP) is 6.04. The number of pyridine rings is 1. The van der Waals surface area contributed by atoms with Crippen LogP contribution < -0.4 is 10.6 Å². The normalized spacial score (nSPS) is 19.6. The van der Waals surface area contributed by atoms with Gasteiger partial charge in [0.2, 0.25) is 5.89 Å². The number of nitrogens with zero attached hydrogens (tertiary/aromatic N) is 3. The standard InChI is InChI=1S/C25H22Cl2N4O/c26-18-7-3-6-17(22(18)27)24-30-19-12-21(29-14-20(19)32-24)31-10-8-25(9-11-31)13-15-4-1-2-5-16(15)23(25)28/h1-7,12,14,23H,8-11,13,28H2/t23-/m1/s1. The van der Waals surface area contributed by atoms with Crippen LogP contribution in [0.25, 0.3) is 22.6 Å². The Hall–Kier alpha value is -2.60. The summed E-state index contributed by atoms with van der Waals surface area (Å²) in [5, 5.41) is 0.906. The molecule has 1 fully saturated rings. The number of hydrogen-bond acceptors (Lipinski definition) is 5. The summed E-state index contributed by atoms with van der Waals surface area (Å²) in [6.07, 6.45) is 4.90. The van der Waals surface area contributed by atoms with Gasteiger partial charge in [-0.1, -0.05) is 53.5 Å². The van der Waals surface area contributed by atoms with Gasteiger partial charge in [0.15, 0.2) is 5.58 Å². The monoisotopic (exact) mass is 464 g/mol. The molecule has 162 valence electrons. The van der Waals surface area contributed by atoms with Crippen molar-refractivity contribution in [1.29, 1.82) is 0 Å². The van der Waals surface area contributed by atoms with Crippen LogP contribution in [0, 0.1) is 5.41 Å². The minimum Gasteiger partial charge on any atom is -0.434 e. The third-order valence-corrected chi connectivity index (χ3v) is 7.94. The first-order valence-electron chi connectivity index (χ1n) is 10.8. The van der Waals surface area contributed by atoms with E-state index >= 15 is 0 Å². The van der Waals surface area contributed by atoms with Gasteiger partial charge in [0.05, 0.1) is 21.8 Å². The van der Waals surface area contributed by atoms with Crippen LogP contribution in [-0.2, 0) is 6.42 Å². The Bertz CT molecular complexity index is 1330. The largest absolute Gasteiger partial charge is 0.434 e. The minimum absolute atomic E-state index is 0.108. The first-order valence-corrected chi connectivity index (χ1v) is 11.6. The lowest BCUT2D eigenvalue weighted by Crippen LogP contribution is -2.44. The Balaban J connectivity index is 1.24. The molecule has 1 aliphatic heterocycles. The summed E-state index contributed by atoms with van der Waals surface area (Å²) in [7, 11) is 0. The van der Waals surface area contributed by atoms with Crippen LogP contribution in [-0.4, -0.2) is 23.1 Å². The number of halogens is 2. The Labute approximate surface area is 196 Å². The molecule has 7 heteroatoms. The molecule has 1 saturated heterocycles. The molecule has 0 radical (unpaired) electrons. The van der Waals surface area contributed by atoms with Gasteiger partial charge in [0.25, 0.3) is 0 Å². The van der Waals surface area contributed by atoms with Gasteiger partial charge in [-0.2, -0.15) is 0 Å². The zero-order valence-corrected chi connectivity index (χ0v) is 18.9. The smallest absolute Gasteiger partial charge is 0.228 e. The zero-order valence-electron chi connectivity index (χ0n) is 17.4. The fourth-order valence-corrected chi connectivity index (χ4v) is 5.65. The molecule has 2 N–H and O–H groups in total. The molecule has 2 aromatic heterocycles. The molecule has 0 bridgehead atoms. The maximum Gasteiger partial charge on any atom is 0.228 e. The summed E-state index contributed by atoms with van der Waals surface area (Å²) < 4.78 is 5.91. The lowest BCUT2D eigenvalue weighted by atomic mass is 9.73. The fraction of sp³-hybridized carbons (Fsp3) is 0.280. The number of hydrogen-bond donors (Lipinski definition) is 1. The Kier molecular flexibility index (Phi) is 4.68.